The largest absolute Gasteiger partial charge is 0.495 e. The van der Waals surface area contributed by atoms with Gasteiger partial charge in [-0.2, -0.15) is 11.8 Å². The summed E-state index contributed by atoms with van der Waals surface area (Å²) < 4.78 is 32.2. The molecule has 108 valence electrons. The summed E-state index contributed by atoms with van der Waals surface area (Å²) in [7, 11) is -2.24. The molecule has 2 atom stereocenters. The molecule has 0 aliphatic rings. The van der Waals surface area contributed by atoms with Crippen molar-refractivity contribution in [2.75, 3.05) is 20.0 Å². The number of hydrogen-bond acceptors (Lipinski definition) is 5. The van der Waals surface area contributed by atoms with Gasteiger partial charge >= 0.3 is 0 Å². The Labute approximate surface area is 118 Å². The number of nitrogens with one attached hydrogen (secondary N) is 1. The van der Waals surface area contributed by atoms with Crippen LogP contribution in [0.1, 0.15) is 6.92 Å². The highest BCUT2D eigenvalue weighted by molar-refractivity contribution is 7.99. The summed E-state index contributed by atoms with van der Waals surface area (Å²) in [6, 6.07) is 6.05. The van der Waals surface area contributed by atoms with E-state index in [1.807, 2.05) is 6.26 Å². The van der Waals surface area contributed by atoms with Crippen molar-refractivity contribution in [1.29, 1.82) is 0 Å². The number of methoxy groups -OCH3 is 1. The smallest absolute Gasteiger partial charge is 0.244 e. The van der Waals surface area contributed by atoms with E-state index in [2.05, 4.69) is 4.72 Å². The van der Waals surface area contributed by atoms with Crippen LogP contribution in [0.4, 0.5) is 0 Å². The Bertz CT molecular complexity index is 500. The second-order valence-electron chi connectivity index (χ2n) is 4.02. The summed E-state index contributed by atoms with van der Waals surface area (Å²) in [5.41, 5.74) is 0. The predicted octanol–water partition coefficient (Wildman–Crippen LogP) is 1.09. The van der Waals surface area contributed by atoms with Gasteiger partial charge in [0.1, 0.15) is 10.6 Å². The Hall–Kier alpha value is -0.760. The van der Waals surface area contributed by atoms with Crippen LogP contribution in [-0.4, -0.2) is 44.8 Å². The lowest BCUT2D eigenvalue weighted by atomic mass is 10.3. The number of aliphatic hydroxyl groups is 1. The van der Waals surface area contributed by atoms with Crippen LogP contribution in [-0.2, 0) is 10.0 Å². The Morgan fingerprint density at radius 1 is 1.42 bits per heavy atom. The van der Waals surface area contributed by atoms with E-state index in [4.69, 9.17) is 4.74 Å². The Kier molecular flexibility index (Phi) is 6.12. The number of para-hydroxylation sites is 1. The fraction of sp³-hybridized carbons (Fsp3) is 0.500. The monoisotopic (exact) mass is 305 g/mol. The molecule has 0 aliphatic carbocycles. The summed E-state index contributed by atoms with van der Waals surface area (Å²) in [6.07, 6.45) is 1.83. The number of benzene rings is 1. The van der Waals surface area contributed by atoms with E-state index in [0.717, 1.165) is 0 Å². The molecule has 0 spiro atoms. The van der Waals surface area contributed by atoms with Crippen molar-refractivity contribution in [1.82, 2.24) is 4.72 Å². The molecule has 0 fully saturated rings. The second-order valence-corrected chi connectivity index (χ2v) is 6.78. The third-order valence-electron chi connectivity index (χ3n) is 2.74. The van der Waals surface area contributed by atoms with E-state index in [-0.39, 0.29) is 22.8 Å². The van der Waals surface area contributed by atoms with Gasteiger partial charge in [-0.3, -0.25) is 0 Å². The number of sulfonamides is 1. The van der Waals surface area contributed by atoms with Crippen LogP contribution in [0.15, 0.2) is 29.2 Å². The van der Waals surface area contributed by atoms with Crippen LogP contribution >= 0.6 is 11.8 Å². The van der Waals surface area contributed by atoms with Gasteiger partial charge in [0.2, 0.25) is 10.0 Å². The van der Waals surface area contributed by atoms with Crippen molar-refractivity contribution >= 4 is 21.8 Å². The molecule has 19 heavy (non-hydrogen) atoms. The first-order valence-electron chi connectivity index (χ1n) is 5.75. The molecule has 0 heterocycles. The van der Waals surface area contributed by atoms with Gasteiger partial charge in [-0.05, 0) is 25.3 Å². The average Bonchev–Trinajstić information content (AvgIpc) is 2.39. The minimum atomic E-state index is -3.67. The standard InChI is InChI=1S/C12H19NO4S2/c1-9(11(8-14)18-3)13-19(15,16)12-7-5-4-6-10(12)17-2/h4-7,9,11,13-14H,8H2,1-3H3. The van der Waals surface area contributed by atoms with E-state index in [0.29, 0.717) is 5.75 Å². The first-order valence-corrected chi connectivity index (χ1v) is 8.52. The van der Waals surface area contributed by atoms with Crippen LogP contribution in [0.25, 0.3) is 0 Å². The van der Waals surface area contributed by atoms with Gasteiger partial charge in [-0.25, -0.2) is 13.1 Å². The molecule has 0 radical (unpaired) electrons. The third kappa shape index (κ3) is 4.10. The summed E-state index contributed by atoms with van der Waals surface area (Å²) in [6.45, 7) is 1.64. The van der Waals surface area contributed by atoms with Crippen LogP contribution in [0.5, 0.6) is 5.75 Å². The fourth-order valence-electron chi connectivity index (χ4n) is 1.66. The molecule has 1 rings (SSSR count). The summed E-state index contributed by atoms with van der Waals surface area (Å²) in [5, 5.41) is 8.99. The van der Waals surface area contributed by atoms with E-state index >= 15 is 0 Å². The molecule has 1 aromatic rings. The topological polar surface area (TPSA) is 75.6 Å². The lowest BCUT2D eigenvalue weighted by molar-refractivity contribution is 0.282. The van der Waals surface area contributed by atoms with Crippen LogP contribution in [0.2, 0.25) is 0 Å². The predicted molar refractivity (Wildman–Crippen MR) is 77.2 cm³/mol. The van der Waals surface area contributed by atoms with Crippen LogP contribution in [0.3, 0.4) is 0 Å². The van der Waals surface area contributed by atoms with Crippen molar-refractivity contribution in [2.45, 2.75) is 23.1 Å². The molecule has 0 aromatic heterocycles. The van der Waals surface area contributed by atoms with E-state index in [9.17, 15) is 13.5 Å². The van der Waals surface area contributed by atoms with E-state index in [1.165, 1.54) is 24.9 Å². The molecule has 2 unspecified atom stereocenters. The summed E-state index contributed by atoms with van der Waals surface area (Å²) in [5.74, 6) is 0.298. The Morgan fingerprint density at radius 3 is 2.58 bits per heavy atom. The minimum absolute atomic E-state index is 0.0865. The maximum atomic E-state index is 12.3. The van der Waals surface area contributed by atoms with Gasteiger partial charge in [0.25, 0.3) is 0 Å². The number of rotatable bonds is 7. The maximum Gasteiger partial charge on any atom is 0.244 e. The lowest BCUT2D eigenvalue weighted by Gasteiger charge is -2.21. The van der Waals surface area contributed by atoms with Gasteiger partial charge in [-0.1, -0.05) is 12.1 Å². The van der Waals surface area contributed by atoms with Crippen molar-refractivity contribution < 1.29 is 18.3 Å². The molecule has 0 aliphatic heterocycles. The summed E-state index contributed by atoms with van der Waals surface area (Å²) in [4.78, 5) is 0.0992. The van der Waals surface area contributed by atoms with Crippen molar-refractivity contribution in [3.63, 3.8) is 0 Å². The highest BCUT2D eigenvalue weighted by Crippen LogP contribution is 2.23. The molecule has 1 aromatic carbocycles. The van der Waals surface area contributed by atoms with E-state index < -0.39 is 10.0 Å². The fourth-order valence-corrected chi connectivity index (χ4v) is 3.83. The van der Waals surface area contributed by atoms with Gasteiger partial charge in [0.05, 0.1) is 13.7 Å². The lowest BCUT2D eigenvalue weighted by Crippen LogP contribution is -2.41. The van der Waals surface area contributed by atoms with Gasteiger partial charge in [-0.15, -0.1) is 0 Å². The van der Waals surface area contributed by atoms with Gasteiger partial charge in [0, 0.05) is 11.3 Å². The molecular weight excluding hydrogens is 286 g/mol. The first-order chi connectivity index (χ1) is 8.96. The second kappa shape index (κ2) is 7.14. The SMILES string of the molecule is COc1ccccc1S(=O)(=O)NC(C)C(CO)SC. The Balaban J connectivity index is 2.98. The molecule has 0 saturated heterocycles. The maximum absolute atomic E-state index is 12.3. The number of hydrogen-bond donors (Lipinski definition) is 2. The average molecular weight is 305 g/mol. The zero-order chi connectivity index (χ0) is 14.5. The molecule has 7 heteroatoms. The first kappa shape index (κ1) is 16.3. The third-order valence-corrected chi connectivity index (χ3v) is 5.50. The molecule has 5 nitrogen and oxygen atoms in total. The van der Waals surface area contributed by atoms with Gasteiger partial charge in [0.15, 0.2) is 0 Å². The van der Waals surface area contributed by atoms with E-state index in [1.54, 1.807) is 25.1 Å². The van der Waals surface area contributed by atoms with Crippen LogP contribution < -0.4 is 9.46 Å². The number of thioether (sulfide) groups is 1. The molecular formula is C12H19NO4S2. The zero-order valence-corrected chi connectivity index (χ0v) is 12.8. The molecule has 0 bridgehead atoms. The highest BCUT2D eigenvalue weighted by Gasteiger charge is 2.25. The summed E-state index contributed by atoms with van der Waals surface area (Å²) >= 11 is 1.42. The number of aliphatic hydroxyl groups excluding tert-OH is 1. The van der Waals surface area contributed by atoms with Crippen molar-refractivity contribution in [3.8, 4) is 5.75 Å². The normalized spacial score (nSPS) is 14.9. The highest BCUT2D eigenvalue weighted by atomic mass is 32.2. The van der Waals surface area contributed by atoms with Gasteiger partial charge < -0.3 is 9.84 Å². The minimum Gasteiger partial charge on any atom is -0.495 e. The Morgan fingerprint density at radius 2 is 2.05 bits per heavy atom. The van der Waals surface area contributed by atoms with Crippen molar-refractivity contribution in [3.05, 3.63) is 24.3 Å². The van der Waals surface area contributed by atoms with Crippen molar-refractivity contribution in [2.24, 2.45) is 0 Å². The molecule has 0 amide bonds. The quantitative estimate of drug-likeness (QED) is 0.788. The molecule has 0 saturated carbocycles. The molecule has 2 N–H and O–H groups in total. The van der Waals surface area contributed by atoms with Crippen LogP contribution in [0, 0.1) is 0 Å². The number of ether oxygens (including phenoxy) is 1. The zero-order valence-electron chi connectivity index (χ0n) is 11.2.